The van der Waals surface area contributed by atoms with E-state index in [1.807, 2.05) is 0 Å². The molecule has 1 aliphatic heterocycles. The molecule has 0 saturated heterocycles. The van der Waals surface area contributed by atoms with E-state index in [0.717, 1.165) is 6.42 Å². The molecule has 0 bridgehead atoms. The molecule has 150 valence electrons. The maximum absolute atomic E-state index is 12.7. The number of hydrogen-bond acceptors (Lipinski definition) is 5. The van der Waals surface area contributed by atoms with Crippen LogP contribution in [0.25, 0.3) is 0 Å². The Kier molecular flexibility index (Phi) is 5.13. The van der Waals surface area contributed by atoms with Crippen molar-refractivity contribution in [2.24, 2.45) is 0 Å². The van der Waals surface area contributed by atoms with Gasteiger partial charge in [0.05, 0.1) is 18.1 Å². The number of nitrogens with one attached hydrogen (secondary N) is 3. The molecule has 2 aromatic carbocycles. The third-order valence-electron chi connectivity index (χ3n) is 4.27. The summed E-state index contributed by atoms with van der Waals surface area (Å²) in [5.41, 5.74) is 1.35. The first-order valence-electron chi connectivity index (χ1n) is 8.98. The van der Waals surface area contributed by atoms with Gasteiger partial charge in [-0.3, -0.25) is 9.52 Å². The minimum absolute atomic E-state index is 0.0749. The van der Waals surface area contributed by atoms with Crippen LogP contribution in [-0.4, -0.2) is 32.5 Å². The molecule has 3 N–H and O–H groups in total. The monoisotopic (exact) mass is 413 g/mol. The van der Waals surface area contributed by atoms with E-state index in [4.69, 9.17) is 9.47 Å². The molecule has 0 spiro atoms. The molecule has 1 aromatic heterocycles. The fourth-order valence-electron chi connectivity index (χ4n) is 2.82. The summed E-state index contributed by atoms with van der Waals surface area (Å²) in [6.07, 6.45) is 2.40. The van der Waals surface area contributed by atoms with Gasteiger partial charge in [0.1, 0.15) is 5.69 Å². The van der Waals surface area contributed by atoms with Crippen molar-refractivity contribution in [1.82, 2.24) is 4.98 Å². The van der Waals surface area contributed by atoms with Crippen LogP contribution in [0, 0.1) is 0 Å². The predicted molar refractivity (Wildman–Crippen MR) is 108 cm³/mol. The van der Waals surface area contributed by atoms with Crippen molar-refractivity contribution in [1.29, 1.82) is 0 Å². The molecule has 0 radical (unpaired) electrons. The Balaban J connectivity index is 1.47. The number of ether oxygens (including phenoxy) is 2. The first-order valence-corrected chi connectivity index (χ1v) is 10.5. The van der Waals surface area contributed by atoms with Gasteiger partial charge in [0.15, 0.2) is 11.5 Å². The van der Waals surface area contributed by atoms with Gasteiger partial charge in [-0.05, 0) is 48.5 Å². The molecular formula is C20H19N3O5S. The number of aromatic nitrogens is 1. The van der Waals surface area contributed by atoms with Crippen molar-refractivity contribution >= 4 is 27.3 Å². The Morgan fingerprint density at radius 1 is 0.931 bits per heavy atom. The number of fused-ring (bicyclic) bond motifs is 1. The van der Waals surface area contributed by atoms with Crippen LogP contribution in [0.4, 0.5) is 11.4 Å². The maximum Gasteiger partial charge on any atom is 0.272 e. The summed E-state index contributed by atoms with van der Waals surface area (Å²) < 4.78 is 39.0. The second-order valence-electron chi connectivity index (χ2n) is 6.38. The number of amides is 1. The Morgan fingerprint density at radius 3 is 2.38 bits per heavy atom. The van der Waals surface area contributed by atoms with Gasteiger partial charge in [0.2, 0.25) is 0 Å². The summed E-state index contributed by atoms with van der Waals surface area (Å²) in [5, 5.41) is 2.73. The SMILES string of the molecule is O=C(Nc1ccc(NS(=O)(=O)c2ccc3c(c2)OCCCO3)cc1)c1ccc[nH]1. The largest absolute Gasteiger partial charge is 0.490 e. The molecule has 0 fully saturated rings. The average Bonchev–Trinajstić information content (AvgIpc) is 3.15. The fraction of sp³-hybridized carbons (Fsp3) is 0.150. The standard InChI is InChI=1S/C20H19N3O5S/c24-20(17-3-1-10-21-17)22-14-4-6-15(7-5-14)23-29(25,26)16-8-9-18-19(13-16)28-12-2-11-27-18/h1,3-10,13,21,23H,2,11-12H2,(H,22,24). The molecule has 4 rings (SSSR count). The van der Waals surface area contributed by atoms with Gasteiger partial charge in [-0.25, -0.2) is 8.42 Å². The lowest BCUT2D eigenvalue weighted by Crippen LogP contribution is -2.14. The van der Waals surface area contributed by atoms with Crippen LogP contribution in [0.2, 0.25) is 0 Å². The number of aromatic amines is 1. The first kappa shape index (κ1) is 18.9. The van der Waals surface area contributed by atoms with E-state index in [2.05, 4.69) is 15.0 Å². The lowest BCUT2D eigenvalue weighted by Gasteiger charge is -2.12. The van der Waals surface area contributed by atoms with E-state index in [1.165, 1.54) is 12.1 Å². The minimum Gasteiger partial charge on any atom is -0.490 e. The first-order chi connectivity index (χ1) is 14.0. The highest BCUT2D eigenvalue weighted by Gasteiger charge is 2.19. The van der Waals surface area contributed by atoms with E-state index in [0.29, 0.717) is 41.8 Å². The van der Waals surface area contributed by atoms with Crippen LogP contribution in [-0.2, 0) is 10.0 Å². The van der Waals surface area contributed by atoms with Gasteiger partial charge in [-0.2, -0.15) is 0 Å². The van der Waals surface area contributed by atoms with Crippen LogP contribution in [0.5, 0.6) is 11.5 Å². The normalized spacial score (nSPS) is 13.4. The number of hydrogen-bond donors (Lipinski definition) is 3. The second kappa shape index (κ2) is 7.88. The number of carbonyl (C=O) groups is 1. The molecule has 9 heteroatoms. The van der Waals surface area contributed by atoms with Crippen LogP contribution < -0.4 is 19.5 Å². The lowest BCUT2D eigenvalue weighted by molar-refractivity contribution is 0.102. The van der Waals surface area contributed by atoms with Gasteiger partial charge < -0.3 is 19.8 Å². The van der Waals surface area contributed by atoms with Crippen LogP contribution in [0.3, 0.4) is 0 Å². The highest BCUT2D eigenvalue weighted by molar-refractivity contribution is 7.92. The highest BCUT2D eigenvalue weighted by atomic mass is 32.2. The molecule has 29 heavy (non-hydrogen) atoms. The molecular weight excluding hydrogens is 394 g/mol. The zero-order valence-electron chi connectivity index (χ0n) is 15.3. The van der Waals surface area contributed by atoms with E-state index >= 15 is 0 Å². The minimum atomic E-state index is -3.81. The van der Waals surface area contributed by atoms with Crippen LogP contribution in [0.15, 0.2) is 65.7 Å². The number of anilines is 2. The Bertz CT molecular complexity index is 1110. The van der Waals surface area contributed by atoms with Gasteiger partial charge in [-0.15, -0.1) is 0 Å². The van der Waals surface area contributed by atoms with Crippen molar-refractivity contribution in [2.45, 2.75) is 11.3 Å². The molecule has 8 nitrogen and oxygen atoms in total. The topological polar surface area (TPSA) is 110 Å². The molecule has 3 aromatic rings. The third kappa shape index (κ3) is 4.35. The number of carbonyl (C=O) groups excluding carboxylic acids is 1. The second-order valence-corrected chi connectivity index (χ2v) is 8.06. The lowest BCUT2D eigenvalue weighted by atomic mass is 10.3. The van der Waals surface area contributed by atoms with Crippen molar-refractivity contribution in [3.63, 3.8) is 0 Å². The smallest absolute Gasteiger partial charge is 0.272 e. The zero-order valence-corrected chi connectivity index (χ0v) is 16.2. The van der Waals surface area contributed by atoms with Gasteiger partial charge in [0, 0.05) is 30.1 Å². The summed E-state index contributed by atoms with van der Waals surface area (Å²) in [5.74, 6) is 0.659. The Labute approximate surface area is 167 Å². The van der Waals surface area contributed by atoms with E-state index in [1.54, 1.807) is 48.7 Å². The highest BCUT2D eigenvalue weighted by Crippen LogP contribution is 2.32. The molecule has 1 aliphatic rings. The number of sulfonamides is 1. The van der Waals surface area contributed by atoms with Crippen LogP contribution in [0.1, 0.15) is 16.9 Å². The zero-order chi connectivity index (χ0) is 20.3. The van der Waals surface area contributed by atoms with Crippen LogP contribution >= 0.6 is 0 Å². The van der Waals surface area contributed by atoms with Crippen molar-refractivity contribution in [3.8, 4) is 11.5 Å². The predicted octanol–water partition coefficient (Wildman–Crippen LogP) is 3.23. The molecule has 0 aliphatic carbocycles. The van der Waals surface area contributed by atoms with Crippen molar-refractivity contribution < 1.29 is 22.7 Å². The molecule has 1 amide bonds. The summed E-state index contributed by atoms with van der Waals surface area (Å²) in [7, 11) is -3.81. The summed E-state index contributed by atoms with van der Waals surface area (Å²) >= 11 is 0. The summed E-state index contributed by atoms with van der Waals surface area (Å²) in [6, 6.07) is 14.3. The molecule has 0 atom stereocenters. The third-order valence-corrected chi connectivity index (χ3v) is 5.65. The van der Waals surface area contributed by atoms with E-state index < -0.39 is 10.0 Å². The van der Waals surface area contributed by atoms with E-state index in [9.17, 15) is 13.2 Å². The van der Waals surface area contributed by atoms with Gasteiger partial charge >= 0.3 is 0 Å². The maximum atomic E-state index is 12.7. The Morgan fingerprint density at radius 2 is 1.66 bits per heavy atom. The van der Waals surface area contributed by atoms with E-state index in [-0.39, 0.29) is 10.8 Å². The molecule has 0 saturated carbocycles. The number of rotatable bonds is 5. The summed E-state index contributed by atoms with van der Waals surface area (Å²) in [4.78, 5) is 14.9. The quantitative estimate of drug-likeness (QED) is 0.595. The van der Waals surface area contributed by atoms with Crippen molar-refractivity contribution in [3.05, 3.63) is 66.5 Å². The number of benzene rings is 2. The average molecular weight is 413 g/mol. The molecule has 2 heterocycles. The fourth-order valence-corrected chi connectivity index (χ4v) is 3.89. The Hall–Kier alpha value is -3.46. The van der Waals surface area contributed by atoms with Gasteiger partial charge in [-0.1, -0.05) is 0 Å². The summed E-state index contributed by atoms with van der Waals surface area (Å²) in [6.45, 7) is 1.00. The van der Waals surface area contributed by atoms with Crippen molar-refractivity contribution in [2.75, 3.05) is 23.3 Å². The molecule has 0 unspecified atom stereocenters. The number of H-pyrrole nitrogens is 1. The van der Waals surface area contributed by atoms with Gasteiger partial charge in [0.25, 0.3) is 15.9 Å².